The van der Waals surface area contributed by atoms with Crippen LogP contribution in [0.1, 0.15) is 102 Å². The van der Waals surface area contributed by atoms with E-state index in [0.29, 0.717) is 17.5 Å². The van der Waals surface area contributed by atoms with E-state index in [1.807, 2.05) is 6.20 Å². The number of pyridine rings is 1. The molecule has 0 aliphatic heterocycles. The molecule has 0 amide bonds. The zero-order valence-corrected chi connectivity index (χ0v) is 31.4. The first kappa shape index (κ1) is 32.9. The third kappa shape index (κ3) is 5.17. The van der Waals surface area contributed by atoms with Gasteiger partial charge in [-0.1, -0.05) is 139 Å². The summed E-state index contributed by atoms with van der Waals surface area (Å²) in [7, 11) is 0. The molecule has 2 heterocycles. The van der Waals surface area contributed by atoms with Crippen molar-refractivity contribution in [3.05, 3.63) is 132 Å². The molecule has 260 valence electrons. The highest BCUT2D eigenvalue weighted by molar-refractivity contribution is 5.81. The van der Waals surface area contributed by atoms with Gasteiger partial charge in [-0.15, -0.1) is 0 Å². The number of rotatable bonds is 4. The lowest BCUT2D eigenvalue weighted by Gasteiger charge is -2.48. The van der Waals surface area contributed by atoms with Gasteiger partial charge in [0.25, 0.3) is 0 Å². The molecule has 9 rings (SSSR count). The Bertz CT molecular complexity index is 2220. The Labute approximate surface area is 308 Å². The van der Waals surface area contributed by atoms with Gasteiger partial charge in [-0.05, 0) is 88.1 Å². The fourth-order valence-electron chi connectivity index (χ4n) is 9.81. The maximum Gasteiger partial charge on any atom is 0.165 e. The molecular weight excluding hydrogens is 633 g/mol. The number of nitrogens with zero attached hydrogens (tertiary/aromatic N) is 4. The number of benzene rings is 4. The second-order valence-electron chi connectivity index (χ2n) is 17.6. The van der Waals surface area contributed by atoms with E-state index in [1.54, 1.807) is 11.1 Å². The van der Waals surface area contributed by atoms with Gasteiger partial charge in [0.2, 0.25) is 0 Å². The molecular formula is C48H48N4. The Hall–Kier alpha value is -4.96. The summed E-state index contributed by atoms with van der Waals surface area (Å²) in [4.78, 5) is 20.2. The topological polar surface area (TPSA) is 51.6 Å². The summed E-state index contributed by atoms with van der Waals surface area (Å²) in [5.74, 6) is 1.95. The van der Waals surface area contributed by atoms with Crippen LogP contribution in [0.3, 0.4) is 0 Å². The summed E-state index contributed by atoms with van der Waals surface area (Å²) in [5, 5.41) is 0. The normalized spacial score (nSPS) is 20.6. The molecule has 3 aliphatic carbocycles. The molecule has 2 saturated carbocycles. The van der Waals surface area contributed by atoms with E-state index in [-0.39, 0.29) is 21.7 Å². The van der Waals surface area contributed by atoms with Crippen LogP contribution >= 0.6 is 0 Å². The summed E-state index contributed by atoms with van der Waals surface area (Å²) in [6, 6.07) is 37.9. The molecule has 0 atom stereocenters. The zero-order chi connectivity index (χ0) is 35.9. The molecule has 6 aromatic rings. The molecule has 0 radical (unpaired) electrons. The molecule has 0 bridgehead atoms. The molecule has 4 heteroatoms. The molecule has 0 spiro atoms. The Balaban J connectivity index is 1.11. The van der Waals surface area contributed by atoms with Crippen molar-refractivity contribution in [1.29, 1.82) is 0 Å². The van der Waals surface area contributed by atoms with E-state index in [0.717, 1.165) is 22.4 Å². The van der Waals surface area contributed by atoms with Gasteiger partial charge in [0.1, 0.15) is 0 Å². The molecule has 2 fully saturated rings. The Kier molecular flexibility index (Phi) is 7.46. The minimum absolute atomic E-state index is 0.0652. The fourth-order valence-corrected chi connectivity index (χ4v) is 9.81. The minimum atomic E-state index is 0.0652. The van der Waals surface area contributed by atoms with Gasteiger partial charge in [0, 0.05) is 39.3 Å². The SMILES string of the molecule is CC(C)(C)c1ccc(-c2nc(-c3ccc(C(C)(C)C)cc3)nc(-c3ccc(-c4ccc5c(c4)C46CCCC4(CCC6)c4ccccc4-5)nc3)n2)cc1. The van der Waals surface area contributed by atoms with Gasteiger partial charge in [-0.2, -0.15) is 0 Å². The van der Waals surface area contributed by atoms with Crippen molar-refractivity contribution in [2.45, 2.75) is 102 Å². The molecule has 52 heavy (non-hydrogen) atoms. The Morgan fingerprint density at radius 1 is 0.462 bits per heavy atom. The molecule has 2 aromatic heterocycles. The standard InChI is InChI=1S/C48H48N4/c1-45(2,3)35-19-13-31(14-20-35)42-50-43(32-15-21-36(22-16-32)46(4,5)6)52-44(51-42)34-18-24-41(49-30-34)33-17-23-38-37-11-7-8-12-39(37)47-25-9-27-48(47,28-10-26-47)40(38)29-33/h7-8,11-24,29-30H,9-10,25-28H2,1-6H3. The predicted molar refractivity (Wildman–Crippen MR) is 213 cm³/mol. The van der Waals surface area contributed by atoms with Crippen LogP contribution in [0.2, 0.25) is 0 Å². The van der Waals surface area contributed by atoms with Gasteiger partial charge in [0.05, 0.1) is 5.69 Å². The number of hydrogen-bond donors (Lipinski definition) is 0. The van der Waals surface area contributed by atoms with Crippen LogP contribution in [0.5, 0.6) is 0 Å². The monoisotopic (exact) mass is 680 g/mol. The van der Waals surface area contributed by atoms with Crippen molar-refractivity contribution < 1.29 is 0 Å². The second-order valence-corrected chi connectivity index (χ2v) is 17.6. The molecule has 0 saturated heterocycles. The van der Waals surface area contributed by atoms with Crippen LogP contribution in [-0.2, 0) is 21.7 Å². The van der Waals surface area contributed by atoms with Crippen LogP contribution in [0.25, 0.3) is 56.5 Å². The Morgan fingerprint density at radius 3 is 1.44 bits per heavy atom. The molecule has 0 unspecified atom stereocenters. The van der Waals surface area contributed by atoms with E-state index in [2.05, 4.69) is 145 Å². The van der Waals surface area contributed by atoms with Crippen LogP contribution in [-0.4, -0.2) is 19.9 Å². The highest BCUT2D eigenvalue weighted by Crippen LogP contribution is 2.69. The summed E-state index contributed by atoms with van der Waals surface area (Å²) in [6.07, 6.45) is 9.73. The largest absolute Gasteiger partial charge is 0.255 e. The third-order valence-corrected chi connectivity index (χ3v) is 12.6. The number of fused-ring (bicyclic) bond motifs is 3. The summed E-state index contributed by atoms with van der Waals surface area (Å²) in [6.45, 7) is 13.4. The average molecular weight is 681 g/mol. The first-order chi connectivity index (χ1) is 25.0. The maximum atomic E-state index is 5.07. The van der Waals surface area contributed by atoms with E-state index in [4.69, 9.17) is 19.9 Å². The van der Waals surface area contributed by atoms with E-state index < -0.39 is 0 Å². The first-order valence-corrected chi connectivity index (χ1v) is 19.1. The molecule has 4 nitrogen and oxygen atoms in total. The van der Waals surface area contributed by atoms with Crippen molar-refractivity contribution >= 4 is 0 Å². The second kappa shape index (κ2) is 11.8. The third-order valence-electron chi connectivity index (χ3n) is 12.6. The van der Waals surface area contributed by atoms with Gasteiger partial charge < -0.3 is 0 Å². The fraction of sp³-hybridized carbons (Fsp3) is 0.333. The lowest BCUT2D eigenvalue weighted by atomic mass is 9.55. The van der Waals surface area contributed by atoms with Crippen molar-refractivity contribution in [2.24, 2.45) is 0 Å². The molecule has 4 aromatic carbocycles. The van der Waals surface area contributed by atoms with E-state index in [9.17, 15) is 0 Å². The van der Waals surface area contributed by atoms with Gasteiger partial charge in [-0.3, -0.25) is 4.98 Å². The highest BCUT2D eigenvalue weighted by Gasteiger charge is 2.62. The van der Waals surface area contributed by atoms with Crippen molar-refractivity contribution in [2.75, 3.05) is 0 Å². The van der Waals surface area contributed by atoms with Gasteiger partial charge >= 0.3 is 0 Å². The molecule has 0 N–H and O–H groups in total. The first-order valence-electron chi connectivity index (χ1n) is 19.1. The van der Waals surface area contributed by atoms with Gasteiger partial charge in [0.15, 0.2) is 17.5 Å². The van der Waals surface area contributed by atoms with Crippen molar-refractivity contribution in [3.8, 4) is 56.5 Å². The molecule has 3 aliphatic rings. The minimum Gasteiger partial charge on any atom is -0.255 e. The maximum absolute atomic E-state index is 5.07. The quantitative estimate of drug-likeness (QED) is 0.186. The van der Waals surface area contributed by atoms with E-state index >= 15 is 0 Å². The van der Waals surface area contributed by atoms with Crippen molar-refractivity contribution in [1.82, 2.24) is 19.9 Å². The summed E-state index contributed by atoms with van der Waals surface area (Å²) in [5.41, 5.74) is 14.2. The van der Waals surface area contributed by atoms with E-state index in [1.165, 1.54) is 66.3 Å². The van der Waals surface area contributed by atoms with Crippen LogP contribution < -0.4 is 0 Å². The number of hydrogen-bond acceptors (Lipinski definition) is 4. The Morgan fingerprint density at radius 2 is 0.923 bits per heavy atom. The lowest BCUT2D eigenvalue weighted by Crippen LogP contribution is -2.43. The van der Waals surface area contributed by atoms with Crippen LogP contribution in [0, 0.1) is 0 Å². The van der Waals surface area contributed by atoms with Crippen LogP contribution in [0.4, 0.5) is 0 Å². The predicted octanol–water partition coefficient (Wildman–Crippen LogP) is 12.1. The van der Waals surface area contributed by atoms with Crippen molar-refractivity contribution in [3.63, 3.8) is 0 Å². The number of aromatic nitrogens is 4. The smallest absolute Gasteiger partial charge is 0.165 e. The average Bonchev–Trinajstić information content (AvgIpc) is 3.73. The summed E-state index contributed by atoms with van der Waals surface area (Å²) < 4.78 is 0. The lowest BCUT2D eigenvalue weighted by molar-refractivity contribution is 0.299. The zero-order valence-electron chi connectivity index (χ0n) is 31.4. The highest BCUT2D eigenvalue weighted by atomic mass is 15.0. The summed E-state index contributed by atoms with van der Waals surface area (Å²) >= 11 is 0. The van der Waals surface area contributed by atoms with Gasteiger partial charge in [-0.25, -0.2) is 15.0 Å². The van der Waals surface area contributed by atoms with Crippen LogP contribution in [0.15, 0.2) is 109 Å².